The molecular weight excluding hydrogens is 320 g/mol. The summed E-state index contributed by atoms with van der Waals surface area (Å²) in [6.07, 6.45) is -0.134. The molecule has 2 aromatic rings. The van der Waals surface area contributed by atoms with Crippen LogP contribution in [0, 0.1) is 0 Å². The first-order valence-corrected chi connectivity index (χ1v) is 8.51. The Labute approximate surface area is 148 Å². The number of methoxy groups -OCH3 is 1. The predicted molar refractivity (Wildman–Crippen MR) is 95.1 cm³/mol. The van der Waals surface area contributed by atoms with E-state index >= 15 is 0 Å². The second kappa shape index (κ2) is 7.15. The van der Waals surface area contributed by atoms with Crippen LogP contribution in [0.1, 0.15) is 19.5 Å². The van der Waals surface area contributed by atoms with Crippen molar-refractivity contribution < 1.29 is 19.0 Å². The fourth-order valence-electron chi connectivity index (χ4n) is 3.26. The molecule has 1 aromatic heterocycles. The molecule has 6 nitrogen and oxygen atoms in total. The van der Waals surface area contributed by atoms with E-state index in [2.05, 4.69) is 22.8 Å². The smallest absolute Gasteiger partial charge is 0.248 e. The minimum absolute atomic E-state index is 0.0546. The number of amides is 1. The van der Waals surface area contributed by atoms with E-state index in [1.54, 1.807) is 4.90 Å². The van der Waals surface area contributed by atoms with Gasteiger partial charge in [0.05, 0.1) is 13.2 Å². The molecule has 1 atom stereocenters. The van der Waals surface area contributed by atoms with Crippen molar-refractivity contribution in [2.24, 2.45) is 7.05 Å². The van der Waals surface area contributed by atoms with Crippen LogP contribution in [0.25, 0.3) is 10.9 Å². The molecule has 0 bridgehead atoms. The van der Waals surface area contributed by atoms with Gasteiger partial charge in [0.15, 0.2) is 5.79 Å². The number of fused-ring (bicyclic) bond motifs is 1. The number of aryl methyl sites for hydroxylation is 1. The second-order valence-electron chi connectivity index (χ2n) is 6.91. The lowest BCUT2D eigenvalue weighted by Crippen LogP contribution is -2.40. The van der Waals surface area contributed by atoms with E-state index < -0.39 is 5.79 Å². The molecule has 1 aromatic carbocycles. The molecule has 0 spiro atoms. The van der Waals surface area contributed by atoms with Crippen molar-refractivity contribution >= 4 is 16.8 Å². The number of aromatic nitrogens is 1. The topological polar surface area (TPSA) is 52.9 Å². The van der Waals surface area contributed by atoms with Crippen LogP contribution in [0.3, 0.4) is 0 Å². The van der Waals surface area contributed by atoms with Gasteiger partial charge in [0.1, 0.15) is 12.7 Å². The Morgan fingerprint density at radius 1 is 1.40 bits per heavy atom. The average molecular weight is 346 g/mol. The second-order valence-corrected chi connectivity index (χ2v) is 6.91. The number of hydrogen-bond acceptors (Lipinski definition) is 4. The minimum Gasteiger partial charge on any atom is -0.375 e. The molecule has 2 heterocycles. The van der Waals surface area contributed by atoms with E-state index in [1.807, 2.05) is 33.0 Å². The van der Waals surface area contributed by atoms with E-state index in [9.17, 15) is 4.79 Å². The van der Waals surface area contributed by atoms with Gasteiger partial charge in [0, 0.05) is 31.9 Å². The summed E-state index contributed by atoms with van der Waals surface area (Å²) in [6.45, 7) is 5.30. The third-order valence-corrected chi connectivity index (χ3v) is 4.52. The van der Waals surface area contributed by atoms with Crippen molar-refractivity contribution in [1.82, 2.24) is 9.47 Å². The first-order chi connectivity index (χ1) is 11.9. The van der Waals surface area contributed by atoms with Crippen LogP contribution >= 0.6 is 0 Å². The van der Waals surface area contributed by atoms with Gasteiger partial charge in [-0.2, -0.15) is 0 Å². The van der Waals surface area contributed by atoms with E-state index in [1.165, 1.54) is 12.5 Å². The quantitative estimate of drug-likeness (QED) is 0.805. The zero-order chi connectivity index (χ0) is 18.0. The molecule has 1 aliphatic heterocycles. The van der Waals surface area contributed by atoms with Gasteiger partial charge >= 0.3 is 0 Å². The Balaban J connectivity index is 1.79. The summed E-state index contributed by atoms with van der Waals surface area (Å²) in [6, 6.07) is 10.3. The summed E-state index contributed by atoms with van der Waals surface area (Å²) in [4.78, 5) is 14.3. The van der Waals surface area contributed by atoms with Gasteiger partial charge in [-0.1, -0.05) is 18.2 Å². The molecular formula is C19H26N2O4. The molecule has 25 heavy (non-hydrogen) atoms. The summed E-state index contributed by atoms with van der Waals surface area (Å²) < 4.78 is 18.7. The summed E-state index contributed by atoms with van der Waals surface area (Å²) in [7, 11) is 3.56. The monoisotopic (exact) mass is 346 g/mol. The zero-order valence-corrected chi connectivity index (χ0v) is 15.3. The number of rotatable bonds is 6. The predicted octanol–water partition coefficient (Wildman–Crippen LogP) is 2.30. The molecule has 0 unspecified atom stereocenters. The molecule has 1 aliphatic rings. The third kappa shape index (κ3) is 4.03. The van der Waals surface area contributed by atoms with Crippen LogP contribution in [0.5, 0.6) is 0 Å². The Bertz CT molecular complexity index is 753. The van der Waals surface area contributed by atoms with Gasteiger partial charge < -0.3 is 23.7 Å². The Kier molecular flexibility index (Phi) is 5.13. The lowest BCUT2D eigenvalue weighted by atomic mass is 10.2. The lowest BCUT2D eigenvalue weighted by Gasteiger charge is -2.26. The van der Waals surface area contributed by atoms with E-state index in [0.717, 1.165) is 11.2 Å². The fraction of sp³-hybridized carbons (Fsp3) is 0.526. The van der Waals surface area contributed by atoms with Gasteiger partial charge in [-0.05, 0) is 31.4 Å². The number of para-hydroxylation sites is 1. The maximum Gasteiger partial charge on any atom is 0.248 e. The summed E-state index contributed by atoms with van der Waals surface area (Å²) in [5, 5.41) is 1.17. The number of hydrogen-bond donors (Lipinski definition) is 0. The number of nitrogens with zero attached hydrogens (tertiary/aromatic N) is 2. The first kappa shape index (κ1) is 17.9. The van der Waals surface area contributed by atoms with Gasteiger partial charge in [-0.3, -0.25) is 4.79 Å². The normalized spacial score (nSPS) is 19.4. The maximum atomic E-state index is 12.5. The molecule has 0 aliphatic carbocycles. The number of ether oxygens (including phenoxy) is 3. The van der Waals surface area contributed by atoms with Gasteiger partial charge in [0.25, 0.3) is 0 Å². The van der Waals surface area contributed by atoms with Crippen LogP contribution in [0.4, 0.5) is 0 Å². The highest BCUT2D eigenvalue weighted by Crippen LogP contribution is 2.24. The Morgan fingerprint density at radius 2 is 2.16 bits per heavy atom. The molecule has 0 radical (unpaired) electrons. The zero-order valence-electron chi connectivity index (χ0n) is 15.3. The summed E-state index contributed by atoms with van der Waals surface area (Å²) in [5.74, 6) is -0.652. The molecule has 6 heteroatoms. The summed E-state index contributed by atoms with van der Waals surface area (Å²) in [5.41, 5.74) is 2.22. The lowest BCUT2D eigenvalue weighted by molar-refractivity contribution is -0.148. The molecule has 1 amide bonds. The number of benzene rings is 1. The van der Waals surface area contributed by atoms with Gasteiger partial charge in [0.2, 0.25) is 5.91 Å². The standard InChI is InChI=1S/C19H26N2O4/c1-19(2)24-12-16(25-19)11-21(18(22)13-23-4)10-15-9-14-7-5-6-8-17(14)20(15)3/h5-9,16H,10-13H2,1-4H3/t16-/m0/s1. The molecule has 3 rings (SSSR count). The van der Waals surface area contributed by atoms with Crippen LogP contribution in [-0.4, -0.2) is 54.1 Å². The third-order valence-electron chi connectivity index (χ3n) is 4.52. The molecule has 1 saturated heterocycles. The number of carbonyl (C=O) groups excluding carboxylic acids is 1. The highest BCUT2D eigenvalue weighted by Gasteiger charge is 2.34. The fourth-order valence-corrected chi connectivity index (χ4v) is 3.26. The van der Waals surface area contributed by atoms with Crippen LogP contribution < -0.4 is 0 Å². The highest BCUT2D eigenvalue weighted by molar-refractivity contribution is 5.82. The molecule has 0 N–H and O–H groups in total. The maximum absolute atomic E-state index is 12.5. The van der Waals surface area contributed by atoms with E-state index in [-0.39, 0.29) is 18.6 Å². The SMILES string of the molecule is COCC(=O)N(Cc1cc2ccccc2n1C)C[C@H]1COC(C)(C)O1. The Hall–Kier alpha value is -1.89. The number of carbonyl (C=O) groups is 1. The van der Waals surface area contributed by atoms with Gasteiger partial charge in [-0.15, -0.1) is 0 Å². The van der Waals surface area contributed by atoms with Crippen LogP contribution in [0.15, 0.2) is 30.3 Å². The average Bonchev–Trinajstić information content (AvgIpc) is 3.07. The van der Waals surface area contributed by atoms with E-state index in [0.29, 0.717) is 19.7 Å². The van der Waals surface area contributed by atoms with Gasteiger partial charge in [-0.25, -0.2) is 0 Å². The van der Waals surface area contributed by atoms with Crippen molar-refractivity contribution in [2.75, 3.05) is 26.9 Å². The highest BCUT2D eigenvalue weighted by atomic mass is 16.7. The molecule has 0 saturated carbocycles. The molecule has 136 valence electrons. The van der Waals surface area contributed by atoms with Crippen molar-refractivity contribution in [3.63, 3.8) is 0 Å². The molecule has 1 fully saturated rings. The van der Waals surface area contributed by atoms with Crippen molar-refractivity contribution in [1.29, 1.82) is 0 Å². The minimum atomic E-state index is -0.597. The van der Waals surface area contributed by atoms with Crippen molar-refractivity contribution in [3.05, 3.63) is 36.0 Å². The van der Waals surface area contributed by atoms with Crippen LogP contribution in [0.2, 0.25) is 0 Å². The largest absolute Gasteiger partial charge is 0.375 e. The first-order valence-electron chi connectivity index (χ1n) is 8.51. The summed E-state index contributed by atoms with van der Waals surface area (Å²) >= 11 is 0. The Morgan fingerprint density at radius 3 is 2.80 bits per heavy atom. The van der Waals surface area contributed by atoms with E-state index in [4.69, 9.17) is 14.2 Å². The van der Waals surface area contributed by atoms with Crippen molar-refractivity contribution in [3.8, 4) is 0 Å². The van der Waals surface area contributed by atoms with Crippen molar-refractivity contribution in [2.45, 2.75) is 32.3 Å². The van der Waals surface area contributed by atoms with Crippen LogP contribution in [-0.2, 0) is 32.6 Å².